The number of hydrogen-bond donors (Lipinski definition) is 0. The van der Waals surface area contributed by atoms with Crippen molar-refractivity contribution in [2.45, 2.75) is 26.1 Å². The molecule has 0 unspecified atom stereocenters. The third-order valence-corrected chi connectivity index (χ3v) is 5.43. The van der Waals surface area contributed by atoms with Gasteiger partial charge in [-0.05, 0) is 30.2 Å². The van der Waals surface area contributed by atoms with Crippen LogP contribution in [-0.2, 0) is 26.7 Å². The van der Waals surface area contributed by atoms with Crippen molar-refractivity contribution in [1.82, 2.24) is 24.0 Å². The molecule has 0 N–H and O–H groups in total. The van der Waals surface area contributed by atoms with Crippen LogP contribution in [0.5, 0.6) is 5.88 Å². The van der Waals surface area contributed by atoms with E-state index < -0.39 is 0 Å². The van der Waals surface area contributed by atoms with E-state index in [0.717, 1.165) is 41.5 Å². The summed E-state index contributed by atoms with van der Waals surface area (Å²) in [5, 5.41) is 0.756. The highest BCUT2D eigenvalue weighted by molar-refractivity contribution is 5.79. The summed E-state index contributed by atoms with van der Waals surface area (Å²) in [5.41, 5.74) is 2.94. The van der Waals surface area contributed by atoms with Gasteiger partial charge in [-0.25, -0.2) is 9.97 Å². The van der Waals surface area contributed by atoms with Crippen LogP contribution in [0.3, 0.4) is 0 Å². The minimum Gasteiger partial charge on any atom is -0.481 e. The predicted molar refractivity (Wildman–Crippen MR) is 121 cm³/mol. The Morgan fingerprint density at radius 1 is 1.13 bits per heavy atom. The van der Waals surface area contributed by atoms with Gasteiger partial charge in [0.2, 0.25) is 5.88 Å². The van der Waals surface area contributed by atoms with Crippen molar-refractivity contribution in [1.29, 1.82) is 0 Å². The first-order valence-electron chi connectivity index (χ1n) is 10.4. The molecule has 0 atom stereocenters. The molecule has 31 heavy (non-hydrogen) atoms. The molecule has 7 nitrogen and oxygen atoms in total. The maximum atomic E-state index is 13.1. The third-order valence-electron chi connectivity index (χ3n) is 5.43. The minimum absolute atomic E-state index is 0.0978. The molecule has 3 aromatic heterocycles. The lowest BCUT2D eigenvalue weighted by atomic mass is 10.1. The maximum absolute atomic E-state index is 13.1. The van der Waals surface area contributed by atoms with Crippen molar-refractivity contribution < 1.29 is 4.74 Å². The molecule has 0 fully saturated rings. The Morgan fingerprint density at radius 2 is 2.00 bits per heavy atom. The molecule has 0 saturated heterocycles. The number of fused-ring (bicyclic) bond motifs is 1. The Bertz CT molecular complexity index is 1200. The minimum atomic E-state index is 0.0978. The van der Waals surface area contributed by atoms with Crippen LogP contribution in [0.1, 0.15) is 17.5 Å². The van der Waals surface area contributed by atoms with Gasteiger partial charge in [-0.2, -0.15) is 0 Å². The fourth-order valence-electron chi connectivity index (χ4n) is 3.89. The standard InChI is InChI=1S/C24H27N5O2/c1-27-16-20(24(30)21-6-3-4-7-22(21)27)17-29(12-5-11-28-13-10-25-18-28)15-19-8-9-26-23(14-19)31-2/h3-4,6-10,13-14,16,18H,5,11-12,15,17H2,1-2H3. The summed E-state index contributed by atoms with van der Waals surface area (Å²) in [4.78, 5) is 23.8. The second kappa shape index (κ2) is 9.57. The van der Waals surface area contributed by atoms with Crippen molar-refractivity contribution >= 4 is 10.9 Å². The average Bonchev–Trinajstić information content (AvgIpc) is 3.31. The number of benzene rings is 1. The van der Waals surface area contributed by atoms with E-state index in [2.05, 4.69) is 19.4 Å². The van der Waals surface area contributed by atoms with E-state index >= 15 is 0 Å². The summed E-state index contributed by atoms with van der Waals surface area (Å²) in [6, 6.07) is 11.7. The molecule has 0 aliphatic heterocycles. The SMILES string of the molecule is COc1cc(CN(CCCn2ccnc2)Cc2cn(C)c3ccccc3c2=O)ccn1. The highest BCUT2D eigenvalue weighted by atomic mass is 16.5. The van der Waals surface area contributed by atoms with E-state index in [1.807, 2.05) is 66.7 Å². The van der Waals surface area contributed by atoms with E-state index in [4.69, 9.17) is 4.74 Å². The number of hydrogen-bond acceptors (Lipinski definition) is 5. The van der Waals surface area contributed by atoms with Gasteiger partial charge >= 0.3 is 0 Å². The lowest BCUT2D eigenvalue weighted by Gasteiger charge is -2.23. The Morgan fingerprint density at radius 3 is 2.81 bits per heavy atom. The first kappa shape index (κ1) is 20.8. The third kappa shape index (κ3) is 5.00. The second-order valence-corrected chi connectivity index (χ2v) is 7.68. The van der Waals surface area contributed by atoms with Crippen molar-refractivity contribution in [2.24, 2.45) is 7.05 Å². The van der Waals surface area contributed by atoms with Crippen LogP contribution in [0, 0.1) is 0 Å². The predicted octanol–water partition coefficient (Wildman–Crippen LogP) is 3.23. The monoisotopic (exact) mass is 417 g/mol. The highest BCUT2D eigenvalue weighted by Gasteiger charge is 2.13. The van der Waals surface area contributed by atoms with Gasteiger partial charge in [0, 0.05) is 75.0 Å². The van der Waals surface area contributed by atoms with Crippen LogP contribution in [0.4, 0.5) is 0 Å². The number of rotatable bonds is 9. The van der Waals surface area contributed by atoms with Gasteiger partial charge in [0.1, 0.15) is 0 Å². The van der Waals surface area contributed by atoms with Crippen LogP contribution in [-0.4, -0.2) is 37.7 Å². The topological polar surface area (TPSA) is 65.2 Å². The molecular formula is C24H27N5O2. The van der Waals surface area contributed by atoms with Crippen LogP contribution in [0.25, 0.3) is 10.9 Å². The van der Waals surface area contributed by atoms with E-state index in [-0.39, 0.29) is 5.43 Å². The Balaban J connectivity index is 1.57. The molecule has 0 saturated carbocycles. The summed E-state index contributed by atoms with van der Waals surface area (Å²) in [5.74, 6) is 0.595. The number of pyridine rings is 2. The number of methoxy groups -OCH3 is 1. The van der Waals surface area contributed by atoms with Gasteiger partial charge in [0.25, 0.3) is 0 Å². The van der Waals surface area contributed by atoms with E-state index in [9.17, 15) is 4.79 Å². The van der Waals surface area contributed by atoms with Gasteiger partial charge in [-0.15, -0.1) is 0 Å². The number of imidazole rings is 1. The Kier molecular flexibility index (Phi) is 6.43. The zero-order valence-corrected chi connectivity index (χ0v) is 17.9. The van der Waals surface area contributed by atoms with Crippen LogP contribution in [0.2, 0.25) is 0 Å². The number of nitrogens with zero attached hydrogens (tertiary/aromatic N) is 5. The van der Waals surface area contributed by atoms with E-state index in [0.29, 0.717) is 19.0 Å². The number of aryl methyl sites for hydroxylation is 2. The molecule has 0 bridgehead atoms. The normalized spacial score (nSPS) is 11.3. The molecular weight excluding hydrogens is 390 g/mol. The first-order chi connectivity index (χ1) is 15.1. The fourth-order valence-corrected chi connectivity index (χ4v) is 3.89. The lowest BCUT2D eigenvalue weighted by molar-refractivity contribution is 0.247. The fraction of sp³-hybridized carbons (Fsp3) is 0.292. The summed E-state index contributed by atoms with van der Waals surface area (Å²) >= 11 is 0. The quantitative estimate of drug-likeness (QED) is 0.418. The molecule has 4 aromatic rings. The van der Waals surface area contributed by atoms with Gasteiger partial charge < -0.3 is 13.9 Å². The van der Waals surface area contributed by atoms with Crippen LogP contribution >= 0.6 is 0 Å². The largest absolute Gasteiger partial charge is 0.481 e. The first-order valence-corrected chi connectivity index (χ1v) is 10.4. The number of para-hydroxylation sites is 1. The summed E-state index contributed by atoms with van der Waals surface area (Å²) < 4.78 is 9.38. The molecule has 0 aliphatic rings. The molecule has 1 aromatic carbocycles. The van der Waals surface area contributed by atoms with E-state index in [1.165, 1.54) is 0 Å². The van der Waals surface area contributed by atoms with Crippen molar-refractivity contribution in [3.63, 3.8) is 0 Å². The molecule has 0 amide bonds. The summed E-state index contributed by atoms with van der Waals surface area (Å²) in [6.07, 6.45) is 10.3. The number of aromatic nitrogens is 4. The molecule has 0 radical (unpaired) electrons. The van der Waals surface area contributed by atoms with E-state index in [1.54, 1.807) is 19.5 Å². The smallest absolute Gasteiger partial charge is 0.213 e. The lowest BCUT2D eigenvalue weighted by Crippen LogP contribution is -2.28. The Hall–Kier alpha value is -3.45. The van der Waals surface area contributed by atoms with Crippen molar-refractivity contribution in [3.05, 3.63) is 88.9 Å². The van der Waals surface area contributed by atoms with Gasteiger partial charge in [0.15, 0.2) is 5.43 Å². The summed E-state index contributed by atoms with van der Waals surface area (Å²) in [6.45, 7) is 3.01. The zero-order valence-electron chi connectivity index (χ0n) is 17.9. The molecule has 4 rings (SSSR count). The average molecular weight is 418 g/mol. The molecule has 160 valence electrons. The van der Waals surface area contributed by atoms with Crippen LogP contribution in [0.15, 0.2) is 72.3 Å². The summed E-state index contributed by atoms with van der Waals surface area (Å²) in [7, 11) is 3.61. The van der Waals surface area contributed by atoms with Crippen molar-refractivity contribution in [2.75, 3.05) is 13.7 Å². The highest BCUT2D eigenvalue weighted by Crippen LogP contribution is 2.15. The molecule has 0 spiro atoms. The maximum Gasteiger partial charge on any atom is 0.213 e. The zero-order chi connectivity index (χ0) is 21.6. The van der Waals surface area contributed by atoms with Crippen molar-refractivity contribution in [3.8, 4) is 5.88 Å². The van der Waals surface area contributed by atoms with Gasteiger partial charge in [-0.3, -0.25) is 9.69 Å². The van der Waals surface area contributed by atoms with Gasteiger partial charge in [0.05, 0.1) is 19.0 Å². The molecule has 7 heteroatoms. The molecule has 0 aliphatic carbocycles. The van der Waals surface area contributed by atoms with Gasteiger partial charge in [-0.1, -0.05) is 12.1 Å². The Labute approximate surface area is 181 Å². The second-order valence-electron chi connectivity index (χ2n) is 7.68. The van der Waals surface area contributed by atoms with Crippen LogP contribution < -0.4 is 10.2 Å². The number of ether oxygens (including phenoxy) is 1. The molecule has 3 heterocycles.